The number of carbonyl (C=O) groups excluding carboxylic acids is 1. The van der Waals surface area contributed by atoms with Crippen LogP contribution >= 0.6 is 23.4 Å². The fourth-order valence-electron chi connectivity index (χ4n) is 2.71. The number of carbonyl (C=O) groups is 1. The molecular weight excluding hydrogens is 385 g/mol. The Bertz CT molecular complexity index is 752. The SMILES string of the molecule is COc1ccc([C@@H](CC(C)C)NC(=O)CSCc2ccc(Cl)cc2F)cc1. The van der Waals surface area contributed by atoms with Crippen molar-refractivity contribution in [3.63, 3.8) is 0 Å². The van der Waals surface area contributed by atoms with Gasteiger partial charge in [0.2, 0.25) is 5.91 Å². The summed E-state index contributed by atoms with van der Waals surface area (Å²) in [5.74, 6) is 1.52. The van der Waals surface area contributed by atoms with Gasteiger partial charge in [-0.25, -0.2) is 4.39 Å². The Morgan fingerprint density at radius 3 is 2.52 bits per heavy atom. The molecule has 27 heavy (non-hydrogen) atoms. The van der Waals surface area contributed by atoms with Crippen molar-refractivity contribution in [1.82, 2.24) is 5.32 Å². The van der Waals surface area contributed by atoms with E-state index in [4.69, 9.17) is 16.3 Å². The van der Waals surface area contributed by atoms with E-state index in [9.17, 15) is 9.18 Å². The van der Waals surface area contributed by atoms with E-state index >= 15 is 0 Å². The molecule has 0 fully saturated rings. The van der Waals surface area contributed by atoms with E-state index in [2.05, 4.69) is 19.2 Å². The number of halogens is 2. The first-order valence-electron chi connectivity index (χ1n) is 8.84. The first kappa shape index (κ1) is 21.6. The van der Waals surface area contributed by atoms with Crippen LogP contribution in [0, 0.1) is 11.7 Å². The zero-order valence-electron chi connectivity index (χ0n) is 15.8. The van der Waals surface area contributed by atoms with Crippen molar-refractivity contribution in [1.29, 1.82) is 0 Å². The summed E-state index contributed by atoms with van der Waals surface area (Å²) in [7, 11) is 1.63. The van der Waals surface area contributed by atoms with Crippen LogP contribution in [0.15, 0.2) is 42.5 Å². The summed E-state index contributed by atoms with van der Waals surface area (Å²) >= 11 is 7.14. The zero-order chi connectivity index (χ0) is 19.8. The maximum atomic E-state index is 13.8. The molecular formula is C21H25ClFNO2S. The fraction of sp³-hybridized carbons (Fsp3) is 0.381. The topological polar surface area (TPSA) is 38.3 Å². The Kier molecular flexibility index (Phi) is 8.45. The third kappa shape index (κ3) is 7.07. The highest BCUT2D eigenvalue weighted by Crippen LogP contribution is 2.24. The van der Waals surface area contributed by atoms with Gasteiger partial charge in [-0.05, 0) is 47.7 Å². The van der Waals surface area contributed by atoms with Crippen LogP contribution in [0.2, 0.25) is 5.02 Å². The van der Waals surface area contributed by atoms with Crippen molar-refractivity contribution in [3.05, 3.63) is 64.4 Å². The van der Waals surface area contributed by atoms with E-state index in [0.717, 1.165) is 17.7 Å². The average Bonchev–Trinajstić information content (AvgIpc) is 2.62. The van der Waals surface area contributed by atoms with Gasteiger partial charge in [-0.15, -0.1) is 11.8 Å². The number of ether oxygens (including phenoxy) is 1. The van der Waals surface area contributed by atoms with E-state index in [-0.39, 0.29) is 23.5 Å². The van der Waals surface area contributed by atoms with Gasteiger partial charge in [0, 0.05) is 10.8 Å². The van der Waals surface area contributed by atoms with E-state index in [1.54, 1.807) is 19.2 Å². The van der Waals surface area contributed by atoms with E-state index < -0.39 is 0 Å². The minimum absolute atomic E-state index is 0.0590. The van der Waals surface area contributed by atoms with Crippen molar-refractivity contribution in [3.8, 4) is 5.75 Å². The van der Waals surface area contributed by atoms with E-state index in [0.29, 0.717) is 22.3 Å². The molecule has 0 bridgehead atoms. The van der Waals surface area contributed by atoms with Gasteiger partial charge in [0.15, 0.2) is 0 Å². The van der Waals surface area contributed by atoms with Crippen LogP contribution in [0.4, 0.5) is 4.39 Å². The third-order valence-electron chi connectivity index (χ3n) is 4.07. The van der Waals surface area contributed by atoms with Gasteiger partial charge in [-0.3, -0.25) is 4.79 Å². The van der Waals surface area contributed by atoms with Gasteiger partial charge in [0.1, 0.15) is 11.6 Å². The van der Waals surface area contributed by atoms with E-state index in [1.807, 2.05) is 24.3 Å². The van der Waals surface area contributed by atoms with Crippen molar-refractivity contribution >= 4 is 29.3 Å². The van der Waals surface area contributed by atoms with Crippen LogP contribution in [0.3, 0.4) is 0 Å². The number of rotatable bonds is 9. The molecule has 3 nitrogen and oxygen atoms in total. The number of methoxy groups -OCH3 is 1. The second-order valence-corrected chi connectivity index (χ2v) is 8.17. The lowest BCUT2D eigenvalue weighted by atomic mass is 9.97. The maximum absolute atomic E-state index is 13.8. The van der Waals surface area contributed by atoms with Gasteiger partial charge in [-0.2, -0.15) is 0 Å². The molecule has 2 aromatic rings. The summed E-state index contributed by atoms with van der Waals surface area (Å²) in [5.41, 5.74) is 1.60. The molecule has 1 N–H and O–H groups in total. The van der Waals surface area contributed by atoms with Gasteiger partial charge < -0.3 is 10.1 Å². The third-order valence-corrected chi connectivity index (χ3v) is 5.28. The standard InChI is InChI=1S/C21H25ClFNO2S/c1-14(2)10-20(15-5-8-18(26-3)9-6-15)24-21(25)13-27-12-16-4-7-17(22)11-19(16)23/h4-9,11,14,20H,10,12-13H2,1-3H3,(H,24,25)/t20-/m1/s1. The molecule has 1 atom stereocenters. The minimum Gasteiger partial charge on any atom is -0.497 e. The molecule has 1 amide bonds. The summed E-state index contributed by atoms with van der Waals surface area (Å²) < 4.78 is 19.0. The lowest BCUT2D eigenvalue weighted by Crippen LogP contribution is -2.30. The van der Waals surface area contributed by atoms with Gasteiger partial charge in [0.25, 0.3) is 0 Å². The molecule has 0 saturated heterocycles. The first-order valence-corrected chi connectivity index (χ1v) is 10.4. The van der Waals surface area contributed by atoms with Gasteiger partial charge in [-0.1, -0.05) is 43.6 Å². The first-order chi connectivity index (χ1) is 12.9. The lowest BCUT2D eigenvalue weighted by Gasteiger charge is -2.21. The van der Waals surface area contributed by atoms with E-state index in [1.165, 1.54) is 17.8 Å². The molecule has 0 aromatic heterocycles. The normalized spacial score (nSPS) is 12.1. The second-order valence-electron chi connectivity index (χ2n) is 6.75. The zero-order valence-corrected chi connectivity index (χ0v) is 17.4. The van der Waals surface area contributed by atoms with Crippen molar-refractivity contribution < 1.29 is 13.9 Å². The van der Waals surface area contributed by atoms with Crippen LogP contribution in [0.5, 0.6) is 5.75 Å². The van der Waals surface area contributed by atoms with Crippen molar-refractivity contribution in [2.24, 2.45) is 5.92 Å². The molecule has 2 aromatic carbocycles. The molecule has 0 aliphatic heterocycles. The fourth-order valence-corrected chi connectivity index (χ4v) is 3.70. The summed E-state index contributed by atoms with van der Waals surface area (Å²) in [6.45, 7) is 4.25. The molecule has 0 radical (unpaired) electrons. The molecule has 0 aliphatic rings. The largest absolute Gasteiger partial charge is 0.497 e. The smallest absolute Gasteiger partial charge is 0.230 e. The minimum atomic E-state index is -0.341. The molecule has 0 saturated carbocycles. The summed E-state index contributed by atoms with van der Waals surface area (Å²) in [6, 6.07) is 12.3. The lowest BCUT2D eigenvalue weighted by molar-refractivity contribution is -0.119. The van der Waals surface area contributed by atoms with Crippen LogP contribution in [0.25, 0.3) is 0 Å². The highest BCUT2D eigenvalue weighted by Gasteiger charge is 2.16. The number of hydrogen-bond donors (Lipinski definition) is 1. The number of benzene rings is 2. The summed E-state index contributed by atoms with van der Waals surface area (Å²) in [4.78, 5) is 12.4. The molecule has 6 heteroatoms. The van der Waals surface area contributed by atoms with Crippen LogP contribution < -0.4 is 10.1 Å². The summed E-state index contributed by atoms with van der Waals surface area (Å²) in [6.07, 6.45) is 0.842. The monoisotopic (exact) mass is 409 g/mol. The molecule has 0 aliphatic carbocycles. The highest BCUT2D eigenvalue weighted by atomic mass is 35.5. The molecule has 2 rings (SSSR count). The Morgan fingerprint density at radius 2 is 1.93 bits per heavy atom. The number of nitrogens with one attached hydrogen (secondary N) is 1. The van der Waals surface area contributed by atoms with Crippen molar-refractivity contribution in [2.45, 2.75) is 32.1 Å². The number of hydrogen-bond acceptors (Lipinski definition) is 3. The Morgan fingerprint density at radius 1 is 1.22 bits per heavy atom. The number of thioether (sulfide) groups is 1. The van der Waals surface area contributed by atoms with Gasteiger partial charge in [0.05, 0.1) is 18.9 Å². The Labute approximate surface area is 169 Å². The average molecular weight is 410 g/mol. The predicted molar refractivity (Wildman–Crippen MR) is 111 cm³/mol. The number of amides is 1. The summed E-state index contributed by atoms with van der Waals surface area (Å²) in [5, 5.41) is 3.47. The maximum Gasteiger partial charge on any atom is 0.230 e. The predicted octanol–water partition coefficient (Wildman–Crippen LogP) is 5.62. The highest BCUT2D eigenvalue weighted by molar-refractivity contribution is 7.99. The molecule has 0 unspecified atom stereocenters. The van der Waals surface area contributed by atoms with Crippen LogP contribution in [-0.4, -0.2) is 18.8 Å². The van der Waals surface area contributed by atoms with Gasteiger partial charge >= 0.3 is 0 Å². The molecule has 0 spiro atoms. The van der Waals surface area contributed by atoms with Crippen LogP contribution in [0.1, 0.15) is 37.4 Å². The van der Waals surface area contributed by atoms with Crippen molar-refractivity contribution in [2.75, 3.05) is 12.9 Å². The Balaban J connectivity index is 1.92. The molecule has 0 heterocycles. The van der Waals surface area contributed by atoms with Crippen LogP contribution in [-0.2, 0) is 10.5 Å². The Hall–Kier alpha value is -1.72. The second kappa shape index (κ2) is 10.6. The quantitative estimate of drug-likeness (QED) is 0.583. The molecule has 146 valence electrons.